The predicted molar refractivity (Wildman–Crippen MR) is 115 cm³/mol. The number of furan rings is 1. The van der Waals surface area contributed by atoms with Crippen molar-refractivity contribution in [3.63, 3.8) is 0 Å². The largest absolute Gasteiger partial charge is 0.507 e. The number of hydrogen-bond acceptors (Lipinski definition) is 5. The molecule has 1 fully saturated rings. The molecule has 1 N–H and O–H groups in total. The van der Waals surface area contributed by atoms with E-state index in [4.69, 9.17) is 20.8 Å². The fourth-order valence-electron chi connectivity index (χ4n) is 4.08. The van der Waals surface area contributed by atoms with Crippen LogP contribution in [0.3, 0.4) is 0 Å². The number of ketones is 1. The highest BCUT2D eigenvalue weighted by Crippen LogP contribution is 2.43. The molecule has 31 heavy (non-hydrogen) atoms. The van der Waals surface area contributed by atoms with Gasteiger partial charge in [-0.25, -0.2) is 0 Å². The fourth-order valence-corrected chi connectivity index (χ4v) is 4.21. The van der Waals surface area contributed by atoms with Gasteiger partial charge in [-0.15, -0.1) is 0 Å². The number of Topliss-reactive ketones (excluding diaryl/α,β-unsaturated/α-hetero) is 1. The molecule has 2 aliphatic heterocycles. The van der Waals surface area contributed by atoms with Crippen molar-refractivity contribution in [1.82, 2.24) is 0 Å². The van der Waals surface area contributed by atoms with Gasteiger partial charge < -0.3 is 14.3 Å². The molecule has 156 valence electrons. The lowest BCUT2D eigenvalue weighted by molar-refractivity contribution is -0.132. The second-order valence-corrected chi connectivity index (χ2v) is 7.87. The highest BCUT2D eigenvalue weighted by molar-refractivity contribution is 6.51. The minimum atomic E-state index is -0.900. The molecule has 0 bridgehead atoms. The van der Waals surface area contributed by atoms with E-state index in [9.17, 15) is 14.7 Å². The molecule has 3 aromatic rings. The average molecular weight is 436 g/mol. The summed E-state index contributed by atoms with van der Waals surface area (Å²) in [6.45, 7) is 0.656. The number of halogens is 1. The van der Waals surface area contributed by atoms with Gasteiger partial charge in [0.2, 0.25) is 0 Å². The SMILES string of the molecule is O=C1C(=O)N(c2ccc(Cl)cc2)C(c2ccco2)/C1=C(/O)c1ccc2c(c1)CCCO2. The van der Waals surface area contributed by atoms with Gasteiger partial charge in [-0.1, -0.05) is 11.6 Å². The van der Waals surface area contributed by atoms with Gasteiger partial charge in [-0.2, -0.15) is 0 Å². The highest BCUT2D eigenvalue weighted by Gasteiger charge is 2.48. The highest BCUT2D eigenvalue weighted by atomic mass is 35.5. The number of rotatable bonds is 3. The Hall–Kier alpha value is -3.51. The van der Waals surface area contributed by atoms with Crippen LogP contribution >= 0.6 is 11.6 Å². The number of fused-ring (bicyclic) bond motifs is 1. The molecule has 3 heterocycles. The van der Waals surface area contributed by atoms with Crippen molar-refractivity contribution < 1.29 is 23.8 Å². The molecule has 2 aliphatic rings. The van der Waals surface area contributed by atoms with Gasteiger partial charge in [0.1, 0.15) is 23.3 Å². The molecule has 1 aromatic heterocycles. The number of anilines is 1. The van der Waals surface area contributed by atoms with Crippen molar-refractivity contribution in [3.8, 4) is 5.75 Å². The second-order valence-electron chi connectivity index (χ2n) is 7.44. The molecular formula is C24H18ClNO5. The van der Waals surface area contributed by atoms with E-state index in [0.717, 1.165) is 24.2 Å². The zero-order chi connectivity index (χ0) is 21.5. The van der Waals surface area contributed by atoms with E-state index < -0.39 is 17.7 Å². The molecule has 1 atom stereocenters. The van der Waals surface area contributed by atoms with E-state index in [1.165, 1.54) is 11.2 Å². The number of hydrogen-bond donors (Lipinski definition) is 1. The normalized spacial score (nSPS) is 19.9. The van der Waals surface area contributed by atoms with Crippen LogP contribution in [0.4, 0.5) is 5.69 Å². The van der Waals surface area contributed by atoms with Crippen LogP contribution in [0.2, 0.25) is 5.02 Å². The zero-order valence-corrected chi connectivity index (χ0v) is 17.1. The van der Waals surface area contributed by atoms with Gasteiger partial charge in [0.15, 0.2) is 0 Å². The summed E-state index contributed by atoms with van der Waals surface area (Å²) in [4.78, 5) is 27.4. The van der Waals surface area contributed by atoms with Gasteiger partial charge in [-0.3, -0.25) is 14.5 Å². The number of amides is 1. The van der Waals surface area contributed by atoms with Gasteiger partial charge >= 0.3 is 0 Å². The molecule has 2 aromatic carbocycles. The van der Waals surface area contributed by atoms with Crippen molar-refractivity contribution in [2.24, 2.45) is 0 Å². The van der Waals surface area contributed by atoms with E-state index in [1.807, 2.05) is 0 Å². The Balaban J connectivity index is 1.66. The summed E-state index contributed by atoms with van der Waals surface area (Å²) in [6, 6.07) is 14.3. The first-order valence-corrected chi connectivity index (χ1v) is 10.3. The number of carbonyl (C=O) groups excluding carboxylic acids is 2. The second kappa shape index (κ2) is 7.63. The van der Waals surface area contributed by atoms with Gasteiger partial charge in [0.05, 0.1) is 18.4 Å². The third-order valence-corrected chi connectivity index (χ3v) is 5.80. The number of nitrogens with zero attached hydrogens (tertiary/aromatic N) is 1. The third kappa shape index (κ3) is 3.29. The molecule has 0 spiro atoms. The molecule has 6 nitrogen and oxygen atoms in total. The number of benzene rings is 2. The standard InChI is InChI=1S/C24H18ClNO5/c25-16-6-8-17(9-7-16)26-21(19-4-2-12-31-19)20(23(28)24(26)29)22(27)15-5-10-18-14(13-15)3-1-11-30-18/h2,4-10,12-13,21,27H,1,3,11H2/b22-20-. The lowest BCUT2D eigenvalue weighted by atomic mass is 9.96. The van der Waals surface area contributed by atoms with Gasteiger partial charge in [-0.05, 0) is 73.0 Å². The van der Waals surface area contributed by atoms with Crippen molar-refractivity contribution in [2.75, 3.05) is 11.5 Å². The Labute approximate surface area is 183 Å². The molecule has 0 aliphatic carbocycles. The summed E-state index contributed by atoms with van der Waals surface area (Å²) < 4.78 is 11.2. The summed E-state index contributed by atoms with van der Waals surface area (Å²) in [5.74, 6) is -0.622. The molecule has 5 rings (SSSR count). The zero-order valence-electron chi connectivity index (χ0n) is 16.4. The van der Waals surface area contributed by atoms with Crippen LogP contribution < -0.4 is 9.64 Å². The number of aliphatic hydroxyl groups excluding tert-OH is 1. The first-order valence-electron chi connectivity index (χ1n) is 9.90. The van der Waals surface area contributed by atoms with Crippen LogP contribution in [0, 0.1) is 0 Å². The van der Waals surface area contributed by atoms with E-state index >= 15 is 0 Å². The minimum Gasteiger partial charge on any atom is -0.507 e. The van der Waals surface area contributed by atoms with Crippen LogP contribution in [0.1, 0.15) is 29.3 Å². The van der Waals surface area contributed by atoms with Gasteiger partial charge in [0, 0.05) is 16.3 Å². The van der Waals surface area contributed by atoms with Crippen molar-refractivity contribution in [2.45, 2.75) is 18.9 Å². The predicted octanol–water partition coefficient (Wildman–Crippen LogP) is 4.88. The average Bonchev–Trinajstić information content (AvgIpc) is 3.41. The molecule has 0 saturated carbocycles. The van der Waals surface area contributed by atoms with Crippen molar-refractivity contribution in [1.29, 1.82) is 0 Å². The summed E-state index contributed by atoms with van der Waals surface area (Å²) in [5.41, 5.74) is 1.86. The number of carbonyl (C=O) groups is 2. The smallest absolute Gasteiger partial charge is 0.300 e. The van der Waals surface area contributed by atoms with Crippen LogP contribution in [-0.4, -0.2) is 23.4 Å². The molecule has 0 radical (unpaired) electrons. The first kappa shape index (κ1) is 19.5. The lowest BCUT2D eigenvalue weighted by Crippen LogP contribution is -2.29. The number of aliphatic hydroxyl groups is 1. The fraction of sp³-hybridized carbons (Fsp3) is 0.167. The molecule has 7 heteroatoms. The maximum atomic E-state index is 13.1. The Morgan fingerprint density at radius 1 is 1.10 bits per heavy atom. The third-order valence-electron chi connectivity index (χ3n) is 5.54. The quantitative estimate of drug-likeness (QED) is 0.360. The van der Waals surface area contributed by atoms with Crippen LogP contribution in [0.5, 0.6) is 5.75 Å². The van der Waals surface area contributed by atoms with Crippen molar-refractivity contribution >= 4 is 34.7 Å². The maximum Gasteiger partial charge on any atom is 0.300 e. The lowest BCUT2D eigenvalue weighted by Gasteiger charge is -2.23. The van der Waals surface area contributed by atoms with E-state index in [-0.39, 0.29) is 11.3 Å². The molecular weight excluding hydrogens is 418 g/mol. The Kier molecular flexibility index (Phi) is 4.79. The summed E-state index contributed by atoms with van der Waals surface area (Å²) in [5, 5.41) is 11.7. The molecule has 1 saturated heterocycles. The van der Waals surface area contributed by atoms with E-state index in [0.29, 0.717) is 28.6 Å². The minimum absolute atomic E-state index is 0.0217. The van der Waals surface area contributed by atoms with Gasteiger partial charge in [0.25, 0.3) is 11.7 Å². The topological polar surface area (TPSA) is 80.0 Å². The number of aryl methyl sites for hydroxylation is 1. The first-order chi connectivity index (χ1) is 15.0. The Morgan fingerprint density at radius 3 is 2.65 bits per heavy atom. The maximum absolute atomic E-state index is 13.1. The number of ether oxygens (including phenoxy) is 1. The summed E-state index contributed by atoms with van der Waals surface area (Å²) >= 11 is 5.99. The Morgan fingerprint density at radius 2 is 1.90 bits per heavy atom. The Bertz CT molecular complexity index is 1200. The summed E-state index contributed by atoms with van der Waals surface area (Å²) in [7, 11) is 0. The van der Waals surface area contributed by atoms with E-state index in [1.54, 1.807) is 54.6 Å². The summed E-state index contributed by atoms with van der Waals surface area (Å²) in [6.07, 6.45) is 3.16. The van der Waals surface area contributed by atoms with E-state index in [2.05, 4.69) is 0 Å². The van der Waals surface area contributed by atoms with Crippen LogP contribution in [-0.2, 0) is 16.0 Å². The molecule has 1 unspecified atom stereocenters. The van der Waals surface area contributed by atoms with Crippen LogP contribution in [0.25, 0.3) is 5.76 Å². The van der Waals surface area contributed by atoms with Crippen molar-refractivity contribution in [3.05, 3.63) is 88.3 Å². The van der Waals surface area contributed by atoms with Crippen LogP contribution in [0.15, 0.2) is 70.9 Å². The molecule has 1 amide bonds. The monoisotopic (exact) mass is 435 g/mol.